The fourth-order valence-corrected chi connectivity index (χ4v) is 1.81. The third-order valence-corrected chi connectivity index (χ3v) is 2.77. The van der Waals surface area contributed by atoms with Crippen LogP contribution in [0.2, 0.25) is 0 Å². The highest BCUT2D eigenvalue weighted by molar-refractivity contribution is 5.09. The van der Waals surface area contributed by atoms with Crippen LogP contribution in [0, 0.1) is 0 Å². The first-order valence-electron chi connectivity index (χ1n) is 5.22. The number of rotatable bonds is 4. The van der Waals surface area contributed by atoms with Gasteiger partial charge in [0.1, 0.15) is 17.8 Å². The van der Waals surface area contributed by atoms with Crippen molar-refractivity contribution < 1.29 is 14.6 Å². The van der Waals surface area contributed by atoms with Crippen LogP contribution in [0.3, 0.4) is 0 Å². The van der Waals surface area contributed by atoms with Crippen LogP contribution in [0.1, 0.15) is 27.2 Å². The smallest absolute Gasteiger partial charge is 0.164 e. The van der Waals surface area contributed by atoms with Gasteiger partial charge in [0, 0.05) is 0 Å². The molecule has 0 aromatic heterocycles. The average molecular weight is 212 g/mol. The van der Waals surface area contributed by atoms with Crippen molar-refractivity contribution in [3.05, 3.63) is 25.3 Å². The van der Waals surface area contributed by atoms with E-state index in [9.17, 15) is 5.11 Å². The number of hydrogen-bond donors (Lipinski definition) is 1. The Balaban J connectivity index is 2.93. The monoisotopic (exact) mass is 212 g/mol. The van der Waals surface area contributed by atoms with Gasteiger partial charge in [-0.1, -0.05) is 19.1 Å². The van der Waals surface area contributed by atoms with Crippen LogP contribution in [0.15, 0.2) is 25.3 Å². The van der Waals surface area contributed by atoms with Crippen molar-refractivity contribution in [1.29, 1.82) is 0 Å². The molecule has 0 saturated carbocycles. The molecule has 86 valence electrons. The summed E-state index contributed by atoms with van der Waals surface area (Å²) < 4.78 is 11.3. The maximum absolute atomic E-state index is 10.3. The quantitative estimate of drug-likeness (QED) is 0.725. The van der Waals surface area contributed by atoms with Crippen molar-refractivity contribution >= 4 is 0 Å². The number of ether oxygens (including phenoxy) is 2. The second-order valence-electron chi connectivity index (χ2n) is 4.31. The molecule has 1 saturated heterocycles. The molecule has 3 nitrogen and oxygen atoms in total. The molecular weight excluding hydrogens is 192 g/mol. The highest BCUT2D eigenvalue weighted by atomic mass is 16.8. The maximum atomic E-state index is 10.3. The van der Waals surface area contributed by atoms with Gasteiger partial charge in [-0.05, 0) is 20.3 Å². The van der Waals surface area contributed by atoms with Gasteiger partial charge in [0.05, 0.1) is 0 Å². The molecule has 1 aliphatic rings. The number of hydrogen-bond acceptors (Lipinski definition) is 3. The van der Waals surface area contributed by atoms with Crippen molar-refractivity contribution in [3.8, 4) is 0 Å². The zero-order valence-electron chi connectivity index (χ0n) is 9.69. The van der Waals surface area contributed by atoms with E-state index in [0.717, 1.165) is 0 Å². The first kappa shape index (κ1) is 12.4. The third kappa shape index (κ3) is 2.30. The SMILES string of the molecule is C=C[C@@H]1OC(C)(C)O[C@@H]1[C@@](O)(C=C)CC. The van der Waals surface area contributed by atoms with Crippen LogP contribution >= 0.6 is 0 Å². The van der Waals surface area contributed by atoms with E-state index >= 15 is 0 Å². The average Bonchev–Trinajstić information content (AvgIpc) is 2.53. The fourth-order valence-electron chi connectivity index (χ4n) is 1.81. The van der Waals surface area contributed by atoms with E-state index in [4.69, 9.17) is 9.47 Å². The minimum absolute atomic E-state index is 0.303. The summed E-state index contributed by atoms with van der Waals surface area (Å²) in [5.74, 6) is -0.685. The van der Waals surface area contributed by atoms with E-state index in [2.05, 4.69) is 13.2 Å². The minimum Gasteiger partial charge on any atom is -0.383 e. The lowest BCUT2D eigenvalue weighted by Crippen LogP contribution is -2.45. The lowest BCUT2D eigenvalue weighted by molar-refractivity contribution is -0.162. The Bertz CT molecular complexity index is 260. The molecule has 1 aliphatic heterocycles. The largest absolute Gasteiger partial charge is 0.383 e. The van der Waals surface area contributed by atoms with Gasteiger partial charge in [-0.25, -0.2) is 0 Å². The first-order chi connectivity index (χ1) is 6.88. The second kappa shape index (κ2) is 4.08. The van der Waals surface area contributed by atoms with Crippen LogP contribution in [-0.2, 0) is 9.47 Å². The van der Waals surface area contributed by atoms with Gasteiger partial charge >= 0.3 is 0 Å². The van der Waals surface area contributed by atoms with Crippen LogP contribution < -0.4 is 0 Å². The Hall–Kier alpha value is -0.640. The van der Waals surface area contributed by atoms with Crippen LogP contribution in [0.5, 0.6) is 0 Å². The standard InChI is InChI=1S/C12H20O3/c1-6-9-10(12(13,7-2)8-3)15-11(4,5)14-9/h6-7,9-10,13H,1-2,8H2,3-5H3/t9-,10-,12+/m0/s1. The third-order valence-electron chi connectivity index (χ3n) is 2.77. The van der Waals surface area contributed by atoms with Crippen molar-refractivity contribution in [2.75, 3.05) is 0 Å². The Morgan fingerprint density at radius 3 is 2.40 bits per heavy atom. The van der Waals surface area contributed by atoms with Gasteiger partial charge in [-0.2, -0.15) is 0 Å². The molecule has 0 radical (unpaired) electrons. The first-order valence-corrected chi connectivity index (χ1v) is 5.22. The zero-order chi connectivity index (χ0) is 11.7. The van der Waals surface area contributed by atoms with E-state index in [1.165, 1.54) is 6.08 Å². The Kier molecular flexibility index (Phi) is 3.38. The fraction of sp³-hybridized carbons (Fsp3) is 0.667. The predicted octanol–water partition coefficient (Wildman–Crippen LogP) is 2.02. The molecule has 15 heavy (non-hydrogen) atoms. The molecule has 3 heteroatoms. The van der Waals surface area contributed by atoms with E-state index in [1.54, 1.807) is 6.08 Å². The highest BCUT2D eigenvalue weighted by Gasteiger charge is 2.48. The molecule has 0 amide bonds. The normalized spacial score (nSPS) is 33.3. The summed E-state index contributed by atoms with van der Waals surface area (Å²) in [4.78, 5) is 0. The van der Waals surface area contributed by atoms with Crippen LogP contribution in [0.4, 0.5) is 0 Å². The van der Waals surface area contributed by atoms with E-state index in [1.807, 2.05) is 20.8 Å². The van der Waals surface area contributed by atoms with Gasteiger partial charge in [0.15, 0.2) is 5.79 Å². The summed E-state index contributed by atoms with van der Waals surface area (Å²) in [7, 11) is 0. The van der Waals surface area contributed by atoms with Gasteiger partial charge in [-0.3, -0.25) is 0 Å². The molecule has 1 rings (SSSR count). The molecular formula is C12H20O3. The predicted molar refractivity (Wildman–Crippen MR) is 59.5 cm³/mol. The molecule has 0 aliphatic carbocycles. The lowest BCUT2D eigenvalue weighted by atomic mass is 9.90. The second-order valence-corrected chi connectivity index (χ2v) is 4.31. The van der Waals surface area contributed by atoms with Crippen LogP contribution in [0.25, 0.3) is 0 Å². The molecule has 0 bridgehead atoms. The van der Waals surface area contributed by atoms with Gasteiger partial charge in [0.2, 0.25) is 0 Å². The lowest BCUT2D eigenvalue weighted by Gasteiger charge is -2.31. The van der Waals surface area contributed by atoms with Crippen LogP contribution in [-0.4, -0.2) is 28.7 Å². The maximum Gasteiger partial charge on any atom is 0.164 e. The summed E-state index contributed by atoms with van der Waals surface area (Å²) in [5.41, 5.74) is -1.06. The van der Waals surface area contributed by atoms with Crippen molar-refractivity contribution in [2.24, 2.45) is 0 Å². The summed E-state index contributed by atoms with van der Waals surface area (Å²) >= 11 is 0. The van der Waals surface area contributed by atoms with E-state index in [0.29, 0.717) is 6.42 Å². The Morgan fingerprint density at radius 2 is 2.00 bits per heavy atom. The molecule has 0 spiro atoms. The van der Waals surface area contributed by atoms with Crippen molar-refractivity contribution in [1.82, 2.24) is 0 Å². The molecule has 1 heterocycles. The van der Waals surface area contributed by atoms with Crippen molar-refractivity contribution in [2.45, 2.75) is 50.8 Å². The van der Waals surface area contributed by atoms with Gasteiger partial charge in [-0.15, -0.1) is 13.2 Å². The van der Waals surface area contributed by atoms with Crippen molar-refractivity contribution in [3.63, 3.8) is 0 Å². The molecule has 1 N–H and O–H groups in total. The summed E-state index contributed by atoms with van der Waals surface area (Å²) in [5, 5.41) is 10.3. The highest BCUT2D eigenvalue weighted by Crippen LogP contribution is 2.36. The molecule has 0 unspecified atom stereocenters. The zero-order valence-corrected chi connectivity index (χ0v) is 9.69. The minimum atomic E-state index is -1.06. The molecule has 0 aromatic carbocycles. The topological polar surface area (TPSA) is 38.7 Å². The summed E-state index contributed by atoms with van der Waals surface area (Å²) in [6, 6.07) is 0. The Morgan fingerprint density at radius 1 is 1.40 bits per heavy atom. The Labute approximate surface area is 91.4 Å². The molecule has 3 atom stereocenters. The molecule has 0 aromatic rings. The molecule has 1 fully saturated rings. The summed E-state index contributed by atoms with van der Waals surface area (Å²) in [6.07, 6.45) is 2.96. The van der Waals surface area contributed by atoms with Gasteiger partial charge in [0.25, 0.3) is 0 Å². The summed E-state index contributed by atoms with van der Waals surface area (Å²) in [6.45, 7) is 12.9. The van der Waals surface area contributed by atoms with Gasteiger partial charge < -0.3 is 14.6 Å². The van der Waals surface area contributed by atoms with E-state index in [-0.39, 0.29) is 6.10 Å². The number of aliphatic hydroxyl groups is 1. The van der Waals surface area contributed by atoms with E-state index < -0.39 is 17.5 Å².